The fourth-order valence-electron chi connectivity index (χ4n) is 1.77. The number of hydrogen-bond acceptors (Lipinski definition) is 4. The van der Waals surface area contributed by atoms with Gasteiger partial charge >= 0.3 is 5.97 Å². The maximum absolute atomic E-state index is 10.9. The van der Waals surface area contributed by atoms with Crippen molar-refractivity contribution in [3.05, 3.63) is 23.3 Å². The SMILES string of the molecule is Cc1cnc(C2CCCCO2)nc1C(=O)O. The van der Waals surface area contributed by atoms with Crippen molar-refractivity contribution in [1.29, 1.82) is 0 Å². The monoisotopic (exact) mass is 222 g/mol. The molecular formula is C11H14N2O3. The van der Waals surface area contributed by atoms with Gasteiger partial charge < -0.3 is 9.84 Å². The van der Waals surface area contributed by atoms with Crippen LogP contribution < -0.4 is 0 Å². The van der Waals surface area contributed by atoms with Crippen molar-refractivity contribution in [3.63, 3.8) is 0 Å². The highest BCUT2D eigenvalue weighted by Gasteiger charge is 2.21. The first-order valence-electron chi connectivity index (χ1n) is 5.37. The molecule has 0 saturated carbocycles. The average Bonchev–Trinajstić information content (AvgIpc) is 2.30. The molecule has 1 saturated heterocycles. The van der Waals surface area contributed by atoms with Crippen molar-refractivity contribution in [3.8, 4) is 0 Å². The number of nitrogens with zero attached hydrogens (tertiary/aromatic N) is 2. The van der Waals surface area contributed by atoms with Crippen molar-refractivity contribution < 1.29 is 14.6 Å². The second kappa shape index (κ2) is 4.57. The summed E-state index contributed by atoms with van der Waals surface area (Å²) in [4.78, 5) is 19.1. The van der Waals surface area contributed by atoms with Gasteiger partial charge in [0, 0.05) is 18.4 Å². The summed E-state index contributed by atoms with van der Waals surface area (Å²) in [6.07, 6.45) is 4.39. The summed E-state index contributed by atoms with van der Waals surface area (Å²) in [5, 5.41) is 8.96. The molecule has 16 heavy (non-hydrogen) atoms. The zero-order valence-corrected chi connectivity index (χ0v) is 9.14. The molecule has 1 N–H and O–H groups in total. The molecule has 0 spiro atoms. The molecule has 2 rings (SSSR count). The molecule has 1 aliphatic heterocycles. The van der Waals surface area contributed by atoms with Crippen molar-refractivity contribution in [1.82, 2.24) is 9.97 Å². The van der Waals surface area contributed by atoms with Crippen LogP contribution in [0.25, 0.3) is 0 Å². The quantitative estimate of drug-likeness (QED) is 0.824. The van der Waals surface area contributed by atoms with Gasteiger partial charge in [0.25, 0.3) is 0 Å². The molecule has 5 heteroatoms. The molecule has 1 fully saturated rings. The van der Waals surface area contributed by atoms with E-state index in [1.165, 1.54) is 0 Å². The lowest BCUT2D eigenvalue weighted by atomic mass is 10.1. The first-order valence-corrected chi connectivity index (χ1v) is 5.37. The van der Waals surface area contributed by atoms with Gasteiger partial charge in [0.15, 0.2) is 11.5 Å². The van der Waals surface area contributed by atoms with E-state index in [1.54, 1.807) is 13.1 Å². The summed E-state index contributed by atoms with van der Waals surface area (Å²) in [6.45, 7) is 2.39. The summed E-state index contributed by atoms with van der Waals surface area (Å²) in [5.41, 5.74) is 0.645. The number of aromatic nitrogens is 2. The average molecular weight is 222 g/mol. The number of aryl methyl sites for hydroxylation is 1. The van der Waals surface area contributed by atoms with Gasteiger partial charge in [-0.3, -0.25) is 0 Å². The third-order valence-electron chi connectivity index (χ3n) is 2.66. The lowest BCUT2D eigenvalue weighted by Crippen LogP contribution is -2.16. The summed E-state index contributed by atoms with van der Waals surface area (Å²) in [7, 11) is 0. The normalized spacial score (nSPS) is 20.7. The smallest absolute Gasteiger partial charge is 0.354 e. The minimum absolute atomic E-state index is 0.0687. The minimum Gasteiger partial charge on any atom is -0.477 e. The van der Waals surface area contributed by atoms with Gasteiger partial charge in [-0.25, -0.2) is 14.8 Å². The number of ether oxygens (including phenoxy) is 1. The van der Waals surface area contributed by atoms with Gasteiger partial charge in [0.05, 0.1) is 0 Å². The Morgan fingerprint density at radius 1 is 1.56 bits per heavy atom. The molecular weight excluding hydrogens is 208 g/mol. The Hall–Kier alpha value is -1.49. The minimum atomic E-state index is -1.02. The van der Waals surface area contributed by atoms with Gasteiger partial charge in [-0.05, 0) is 26.2 Å². The topological polar surface area (TPSA) is 72.3 Å². The zero-order chi connectivity index (χ0) is 11.5. The van der Waals surface area contributed by atoms with Crippen LogP contribution in [0.2, 0.25) is 0 Å². The fourth-order valence-corrected chi connectivity index (χ4v) is 1.77. The van der Waals surface area contributed by atoms with Crippen molar-refractivity contribution >= 4 is 5.97 Å². The van der Waals surface area contributed by atoms with Crippen LogP contribution in [0, 0.1) is 6.92 Å². The molecule has 5 nitrogen and oxygen atoms in total. The highest BCUT2D eigenvalue weighted by atomic mass is 16.5. The van der Waals surface area contributed by atoms with Crippen LogP contribution in [-0.4, -0.2) is 27.7 Å². The van der Waals surface area contributed by atoms with Crippen molar-refractivity contribution in [2.45, 2.75) is 32.3 Å². The molecule has 0 bridgehead atoms. The molecule has 2 heterocycles. The molecule has 1 unspecified atom stereocenters. The molecule has 1 atom stereocenters. The third kappa shape index (κ3) is 2.19. The van der Waals surface area contributed by atoms with Crippen LogP contribution in [-0.2, 0) is 4.74 Å². The molecule has 0 aliphatic carbocycles. The summed E-state index contributed by atoms with van der Waals surface area (Å²) < 4.78 is 5.52. The van der Waals surface area contributed by atoms with E-state index < -0.39 is 5.97 Å². The van der Waals surface area contributed by atoms with E-state index >= 15 is 0 Å². The van der Waals surface area contributed by atoms with Crippen LogP contribution >= 0.6 is 0 Å². The Morgan fingerprint density at radius 3 is 3.00 bits per heavy atom. The van der Waals surface area contributed by atoms with E-state index in [2.05, 4.69) is 9.97 Å². The number of carboxylic acids is 1. The van der Waals surface area contributed by atoms with Crippen molar-refractivity contribution in [2.24, 2.45) is 0 Å². The molecule has 1 aromatic rings. The fraction of sp³-hybridized carbons (Fsp3) is 0.545. The lowest BCUT2D eigenvalue weighted by molar-refractivity contribution is 0.00922. The summed E-state index contributed by atoms with van der Waals surface area (Å²) >= 11 is 0. The van der Waals surface area contributed by atoms with Crippen LogP contribution in [0.15, 0.2) is 6.20 Å². The van der Waals surface area contributed by atoms with Gasteiger partial charge in [-0.15, -0.1) is 0 Å². The predicted molar refractivity (Wildman–Crippen MR) is 56.3 cm³/mol. The highest BCUT2D eigenvalue weighted by molar-refractivity contribution is 5.86. The Labute approximate surface area is 93.5 Å². The molecule has 0 aromatic carbocycles. The van der Waals surface area contributed by atoms with Crippen LogP contribution in [0.4, 0.5) is 0 Å². The first kappa shape index (κ1) is 11.0. The van der Waals surface area contributed by atoms with Gasteiger partial charge in [-0.1, -0.05) is 0 Å². The summed E-state index contributed by atoms with van der Waals surface area (Å²) in [6, 6.07) is 0. The maximum atomic E-state index is 10.9. The first-order chi connectivity index (χ1) is 7.68. The molecule has 0 radical (unpaired) electrons. The number of hydrogen-bond donors (Lipinski definition) is 1. The van der Waals surface area contributed by atoms with E-state index in [9.17, 15) is 4.79 Å². The van der Waals surface area contributed by atoms with Gasteiger partial charge in [0.1, 0.15) is 6.10 Å². The molecule has 1 aliphatic rings. The highest BCUT2D eigenvalue weighted by Crippen LogP contribution is 2.25. The third-order valence-corrected chi connectivity index (χ3v) is 2.66. The standard InChI is InChI=1S/C11H14N2O3/c1-7-6-12-10(13-9(7)11(14)15)8-4-2-3-5-16-8/h6,8H,2-5H2,1H3,(H,14,15). The van der Waals surface area contributed by atoms with E-state index in [0.717, 1.165) is 19.3 Å². The number of rotatable bonds is 2. The molecule has 1 aromatic heterocycles. The number of carbonyl (C=O) groups is 1. The van der Waals surface area contributed by atoms with Gasteiger partial charge in [-0.2, -0.15) is 0 Å². The van der Waals surface area contributed by atoms with Crippen LogP contribution in [0.1, 0.15) is 47.2 Å². The Balaban J connectivity index is 2.27. The largest absolute Gasteiger partial charge is 0.477 e. The second-order valence-electron chi connectivity index (χ2n) is 3.92. The van der Waals surface area contributed by atoms with Gasteiger partial charge in [0.2, 0.25) is 0 Å². The Bertz CT molecular complexity index is 400. The Morgan fingerprint density at radius 2 is 2.38 bits per heavy atom. The van der Waals surface area contributed by atoms with Crippen LogP contribution in [0.3, 0.4) is 0 Å². The number of carboxylic acid groups (broad SMARTS) is 1. The van der Waals surface area contributed by atoms with Crippen molar-refractivity contribution in [2.75, 3.05) is 6.61 Å². The van der Waals surface area contributed by atoms with E-state index in [0.29, 0.717) is 18.0 Å². The van der Waals surface area contributed by atoms with Crippen LogP contribution in [0.5, 0.6) is 0 Å². The van der Waals surface area contributed by atoms with E-state index in [4.69, 9.17) is 9.84 Å². The number of aromatic carboxylic acids is 1. The Kier molecular flexibility index (Phi) is 3.14. The maximum Gasteiger partial charge on any atom is 0.354 e. The zero-order valence-electron chi connectivity index (χ0n) is 9.14. The summed E-state index contributed by atoms with van der Waals surface area (Å²) in [5.74, 6) is -0.528. The molecule has 0 amide bonds. The second-order valence-corrected chi connectivity index (χ2v) is 3.92. The van der Waals surface area contributed by atoms with E-state index in [-0.39, 0.29) is 11.8 Å². The lowest BCUT2D eigenvalue weighted by Gasteiger charge is -2.21. The molecule has 86 valence electrons. The van der Waals surface area contributed by atoms with E-state index in [1.807, 2.05) is 0 Å². The predicted octanol–water partition coefficient (Wildman–Crippen LogP) is 1.72.